The second kappa shape index (κ2) is 5.12. The molecule has 82 valence electrons. The molecule has 0 amide bonds. The number of aromatic nitrogens is 1. The van der Waals surface area contributed by atoms with E-state index in [-0.39, 0.29) is 5.12 Å². The van der Waals surface area contributed by atoms with E-state index in [0.717, 1.165) is 28.8 Å². The second-order valence-corrected chi connectivity index (χ2v) is 4.86. The fourth-order valence-electron chi connectivity index (χ4n) is 1.55. The molecule has 1 aromatic heterocycles. The predicted molar refractivity (Wildman–Crippen MR) is 68.6 cm³/mol. The van der Waals surface area contributed by atoms with Gasteiger partial charge in [0.1, 0.15) is 0 Å². The molecule has 2 aromatic rings. The number of nitrogens with zero attached hydrogens (tertiary/aromatic N) is 1. The summed E-state index contributed by atoms with van der Waals surface area (Å²) in [6, 6.07) is 12.2. The molecule has 0 fully saturated rings. The molecule has 0 bridgehead atoms. The molecule has 0 spiro atoms. The molecule has 1 aromatic carbocycles. The largest absolute Gasteiger partial charge is 0.288 e. The first-order valence-corrected chi connectivity index (χ1v) is 6.22. The maximum Gasteiger partial charge on any atom is 0.185 e. The maximum absolute atomic E-state index is 10.8. The Morgan fingerprint density at radius 1 is 1.25 bits per heavy atom. The SMILES string of the molecule is CC(=O)SCCc1ccc2ccccc2n1. The first-order chi connectivity index (χ1) is 7.75. The minimum atomic E-state index is 0.167. The highest BCUT2D eigenvalue weighted by Crippen LogP contribution is 2.13. The number of thioether (sulfide) groups is 1. The average Bonchev–Trinajstić information content (AvgIpc) is 2.28. The number of hydrogen-bond acceptors (Lipinski definition) is 3. The molecule has 0 saturated carbocycles. The number of fused-ring (bicyclic) bond motifs is 1. The van der Waals surface area contributed by atoms with E-state index in [1.807, 2.05) is 24.3 Å². The average molecular weight is 231 g/mol. The van der Waals surface area contributed by atoms with E-state index in [4.69, 9.17) is 0 Å². The predicted octanol–water partition coefficient (Wildman–Crippen LogP) is 3.06. The van der Waals surface area contributed by atoms with E-state index in [1.54, 1.807) is 6.92 Å². The molecule has 0 atom stereocenters. The highest BCUT2D eigenvalue weighted by atomic mass is 32.2. The van der Waals surface area contributed by atoms with Gasteiger partial charge < -0.3 is 0 Å². The van der Waals surface area contributed by atoms with Gasteiger partial charge in [-0.25, -0.2) is 0 Å². The van der Waals surface area contributed by atoms with E-state index in [9.17, 15) is 4.79 Å². The van der Waals surface area contributed by atoms with Crippen LogP contribution in [0.2, 0.25) is 0 Å². The number of rotatable bonds is 3. The van der Waals surface area contributed by atoms with Crippen LogP contribution in [0.1, 0.15) is 12.6 Å². The van der Waals surface area contributed by atoms with Crippen molar-refractivity contribution < 1.29 is 4.79 Å². The summed E-state index contributed by atoms with van der Waals surface area (Å²) in [5.41, 5.74) is 2.07. The molecule has 0 unspecified atom stereocenters. The lowest BCUT2D eigenvalue weighted by atomic mass is 10.2. The lowest BCUT2D eigenvalue weighted by Gasteiger charge is -2.01. The third-order valence-electron chi connectivity index (χ3n) is 2.32. The summed E-state index contributed by atoms with van der Waals surface area (Å²) in [6.07, 6.45) is 0.842. The first kappa shape index (κ1) is 11.1. The van der Waals surface area contributed by atoms with E-state index < -0.39 is 0 Å². The van der Waals surface area contributed by atoms with Gasteiger partial charge in [-0.2, -0.15) is 0 Å². The van der Waals surface area contributed by atoms with Gasteiger partial charge >= 0.3 is 0 Å². The summed E-state index contributed by atoms with van der Waals surface area (Å²) in [6.45, 7) is 1.60. The Morgan fingerprint density at radius 3 is 2.88 bits per heavy atom. The Bertz CT molecular complexity index is 510. The van der Waals surface area contributed by atoms with E-state index in [2.05, 4.69) is 17.1 Å². The molecule has 1 heterocycles. The van der Waals surface area contributed by atoms with Crippen molar-refractivity contribution in [3.63, 3.8) is 0 Å². The van der Waals surface area contributed by atoms with Gasteiger partial charge in [0.05, 0.1) is 5.52 Å². The van der Waals surface area contributed by atoms with Crippen LogP contribution in [-0.4, -0.2) is 15.9 Å². The lowest BCUT2D eigenvalue weighted by molar-refractivity contribution is -0.109. The van der Waals surface area contributed by atoms with Gasteiger partial charge in [-0.1, -0.05) is 36.0 Å². The van der Waals surface area contributed by atoms with Gasteiger partial charge in [0.2, 0.25) is 0 Å². The zero-order chi connectivity index (χ0) is 11.4. The van der Waals surface area contributed by atoms with Gasteiger partial charge in [-0.05, 0) is 18.6 Å². The van der Waals surface area contributed by atoms with Crippen LogP contribution < -0.4 is 0 Å². The molecule has 2 nitrogen and oxygen atoms in total. The quantitative estimate of drug-likeness (QED) is 0.813. The Morgan fingerprint density at radius 2 is 2.06 bits per heavy atom. The molecular formula is C13H13NOS. The number of benzene rings is 1. The van der Waals surface area contributed by atoms with Gasteiger partial charge in [-0.3, -0.25) is 9.78 Å². The summed E-state index contributed by atoms with van der Waals surface area (Å²) in [4.78, 5) is 15.3. The van der Waals surface area contributed by atoms with Crippen molar-refractivity contribution in [1.82, 2.24) is 4.98 Å². The van der Waals surface area contributed by atoms with Gasteiger partial charge in [0, 0.05) is 23.8 Å². The van der Waals surface area contributed by atoms with Crippen molar-refractivity contribution in [2.24, 2.45) is 0 Å². The highest BCUT2D eigenvalue weighted by molar-refractivity contribution is 8.13. The van der Waals surface area contributed by atoms with Crippen LogP contribution in [-0.2, 0) is 11.2 Å². The molecule has 2 rings (SSSR count). The number of hydrogen-bond donors (Lipinski definition) is 0. The molecule has 0 aliphatic rings. The normalized spacial score (nSPS) is 10.6. The van der Waals surface area contributed by atoms with Crippen LogP contribution in [0.25, 0.3) is 10.9 Å². The Hall–Kier alpha value is -1.35. The Labute approximate surface area is 99.1 Å². The summed E-state index contributed by atoms with van der Waals surface area (Å²) in [5, 5.41) is 1.33. The monoisotopic (exact) mass is 231 g/mol. The second-order valence-electron chi connectivity index (χ2n) is 3.59. The van der Waals surface area contributed by atoms with Crippen LogP contribution >= 0.6 is 11.8 Å². The van der Waals surface area contributed by atoms with Gasteiger partial charge in [0.15, 0.2) is 5.12 Å². The van der Waals surface area contributed by atoms with E-state index in [0.29, 0.717) is 0 Å². The van der Waals surface area contributed by atoms with Crippen LogP contribution in [0.5, 0.6) is 0 Å². The summed E-state index contributed by atoms with van der Waals surface area (Å²) in [5.74, 6) is 0.806. The van der Waals surface area contributed by atoms with Crippen molar-refractivity contribution >= 4 is 27.8 Å². The minimum Gasteiger partial charge on any atom is -0.288 e. The molecule has 0 saturated heterocycles. The van der Waals surface area contributed by atoms with Crippen molar-refractivity contribution in [3.05, 3.63) is 42.1 Å². The fraction of sp³-hybridized carbons (Fsp3) is 0.231. The molecule has 0 radical (unpaired) electrons. The molecule has 0 N–H and O–H groups in total. The van der Waals surface area contributed by atoms with Gasteiger partial charge in [0.25, 0.3) is 0 Å². The van der Waals surface area contributed by atoms with Crippen LogP contribution in [0.3, 0.4) is 0 Å². The van der Waals surface area contributed by atoms with E-state index in [1.165, 1.54) is 11.8 Å². The van der Waals surface area contributed by atoms with Crippen molar-refractivity contribution in [2.45, 2.75) is 13.3 Å². The van der Waals surface area contributed by atoms with Crippen LogP contribution in [0, 0.1) is 0 Å². The van der Waals surface area contributed by atoms with E-state index >= 15 is 0 Å². The van der Waals surface area contributed by atoms with Crippen molar-refractivity contribution in [3.8, 4) is 0 Å². The van der Waals surface area contributed by atoms with Crippen LogP contribution in [0.4, 0.5) is 0 Å². The van der Waals surface area contributed by atoms with Crippen LogP contribution in [0.15, 0.2) is 36.4 Å². The number of carbonyl (C=O) groups excluding carboxylic acids is 1. The Balaban J connectivity index is 2.10. The molecule has 0 aliphatic carbocycles. The molecule has 3 heteroatoms. The van der Waals surface area contributed by atoms with Crippen molar-refractivity contribution in [1.29, 1.82) is 0 Å². The molecular weight excluding hydrogens is 218 g/mol. The topological polar surface area (TPSA) is 30.0 Å². The standard InChI is InChI=1S/C13H13NOS/c1-10(15)16-9-8-12-7-6-11-4-2-3-5-13(11)14-12/h2-7H,8-9H2,1H3. The summed E-state index contributed by atoms with van der Waals surface area (Å²) in [7, 11) is 0. The first-order valence-electron chi connectivity index (χ1n) is 5.24. The summed E-state index contributed by atoms with van der Waals surface area (Å²) >= 11 is 1.35. The Kier molecular flexibility index (Phi) is 3.57. The zero-order valence-corrected chi connectivity index (χ0v) is 9.96. The number of carbonyl (C=O) groups is 1. The fourth-order valence-corrected chi connectivity index (χ4v) is 2.15. The summed E-state index contributed by atoms with van der Waals surface area (Å²) < 4.78 is 0. The smallest absolute Gasteiger partial charge is 0.185 e. The lowest BCUT2D eigenvalue weighted by Crippen LogP contribution is -1.95. The molecule has 0 aliphatic heterocycles. The highest BCUT2D eigenvalue weighted by Gasteiger charge is 1.99. The number of pyridine rings is 1. The van der Waals surface area contributed by atoms with Gasteiger partial charge in [-0.15, -0.1) is 0 Å². The third-order valence-corrected chi connectivity index (χ3v) is 3.13. The number of aryl methyl sites for hydroxylation is 1. The zero-order valence-electron chi connectivity index (χ0n) is 9.14. The third kappa shape index (κ3) is 2.83. The maximum atomic E-state index is 10.8. The minimum absolute atomic E-state index is 0.167. The van der Waals surface area contributed by atoms with Crippen molar-refractivity contribution in [2.75, 3.05) is 5.75 Å². The number of para-hydroxylation sites is 1. The molecule has 16 heavy (non-hydrogen) atoms.